The Bertz CT molecular complexity index is 716. The lowest BCUT2D eigenvalue weighted by atomic mass is 10.2. The number of nitrogens with zero attached hydrogens (tertiary/aromatic N) is 2. The van der Waals surface area contributed by atoms with Gasteiger partial charge in [-0.3, -0.25) is 10.1 Å². The number of urea groups is 1. The molecular formula is C16H20N4O3S. The number of anilines is 1. The first-order valence-corrected chi connectivity index (χ1v) is 8.26. The van der Waals surface area contributed by atoms with Crippen molar-refractivity contribution in [1.29, 1.82) is 0 Å². The second-order valence-electron chi connectivity index (χ2n) is 5.59. The number of carbonyl (C=O) groups is 1. The summed E-state index contributed by atoms with van der Waals surface area (Å²) in [5.41, 5.74) is 0.927. The summed E-state index contributed by atoms with van der Waals surface area (Å²) in [6.45, 7) is 2.10. The highest BCUT2D eigenvalue weighted by Crippen LogP contribution is 2.23. The summed E-state index contributed by atoms with van der Waals surface area (Å²) in [5.74, 6) is 0. The minimum Gasteiger partial charge on any atom is -0.336 e. The minimum atomic E-state index is -0.461. The predicted molar refractivity (Wildman–Crippen MR) is 95.6 cm³/mol. The van der Waals surface area contributed by atoms with Crippen molar-refractivity contribution < 1.29 is 9.72 Å². The number of nitrogens with one attached hydrogen (secondary N) is 2. The van der Waals surface area contributed by atoms with Crippen molar-refractivity contribution in [1.82, 2.24) is 10.2 Å². The molecule has 7 nitrogen and oxygen atoms in total. The van der Waals surface area contributed by atoms with Crippen LogP contribution in [0.4, 0.5) is 16.2 Å². The molecule has 0 aliphatic heterocycles. The topological polar surface area (TPSA) is 87.5 Å². The molecular weight excluding hydrogens is 328 g/mol. The van der Waals surface area contributed by atoms with Gasteiger partial charge in [0.2, 0.25) is 0 Å². The van der Waals surface area contributed by atoms with Gasteiger partial charge in [0.1, 0.15) is 0 Å². The number of likely N-dealkylation sites (N-methyl/N-ethyl adjacent to an activating group) is 1. The van der Waals surface area contributed by atoms with E-state index in [1.54, 1.807) is 30.4 Å². The Hall–Kier alpha value is -2.45. The van der Waals surface area contributed by atoms with Crippen molar-refractivity contribution in [3.63, 3.8) is 0 Å². The molecule has 0 fully saturated rings. The van der Waals surface area contributed by atoms with Crippen LogP contribution in [0.15, 0.2) is 35.7 Å². The van der Waals surface area contributed by atoms with Crippen molar-refractivity contribution in [2.24, 2.45) is 0 Å². The third kappa shape index (κ3) is 4.53. The molecule has 2 N–H and O–H groups in total. The van der Waals surface area contributed by atoms with E-state index in [-0.39, 0.29) is 11.7 Å². The lowest BCUT2D eigenvalue weighted by Gasteiger charge is -2.23. The van der Waals surface area contributed by atoms with Crippen molar-refractivity contribution in [3.05, 3.63) is 56.3 Å². The molecule has 1 aromatic carbocycles. The highest BCUT2D eigenvalue weighted by molar-refractivity contribution is 7.10. The van der Waals surface area contributed by atoms with Gasteiger partial charge >= 0.3 is 6.03 Å². The molecule has 1 aromatic heterocycles. The highest BCUT2D eigenvalue weighted by atomic mass is 32.1. The maximum atomic E-state index is 12.1. The molecule has 0 bridgehead atoms. The van der Waals surface area contributed by atoms with E-state index in [4.69, 9.17) is 0 Å². The van der Waals surface area contributed by atoms with E-state index < -0.39 is 11.0 Å². The molecule has 8 heteroatoms. The van der Waals surface area contributed by atoms with Crippen molar-refractivity contribution in [2.45, 2.75) is 13.0 Å². The Morgan fingerprint density at radius 1 is 1.38 bits per heavy atom. The zero-order valence-electron chi connectivity index (χ0n) is 13.8. The number of nitro benzene ring substituents is 1. The predicted octanol–water partition coefficient (Wildman–Crippen LogP) is 3.39. The molecule has 0 spiro atoms. The van der Waals surface area contributed by atoms with Gasteiger partial charge in [0.05, 0.1) is 11.0 Å². The molecule has 1 atom stereocenters. The Labute approximate surface area is 144 Å². The third-order valence-corrected chi connectivity index (χ3v) is 4.59. The summed E-state index contributed by atoms with van der Waals surface area (Å²) in [5, 5.41) is 18.4. The van der Waals surface area contributed by atoms with Gasteiger partial charge in [0.15, 0.2) is 0 Å². The van der Waals surface area contributed by atoms with E-state index >= 15 is 0 Å². The average Bonchev–Trinajstić information content (AvgIpc) is 3.03. The summed E-state index contributed by atoms with van der Waals surface area (Å²) in [6, 6.07) is 8.30. The fourth-order valence-corrected chi connectivity index (χ4v) is 3.19. The van der Waals surface area contributed by atoms with E-state index in [0.29, 0.717) is 17.8 Å². The Balaban J connectivity index is 1.98. The van der Waals surface area contributed by atoms with Crippen molar-refractivity contribution in [3.8, 4) is 0 Å². The fraction of sp³-hybridized carbons (Fsp3) is 0.312. The average molecular weight is 348 g/mol. The normalized spacial score (nSPS) is 12.0. The summed E-state index contributed by atoms with van der Waals surface area (Å²) in [4.78, 5) is 25.8. The standard InChI is InChI=1S/C16H20N4O3S/c1-11-6-7-12(9-13(11)20(22)23)18-16(21)17-10-14(19(2)3)15-5-4-8-24-15/h4-9,14H,10H2,1-3H3,(H2,17,18,21)/t14-/m1/s1. The Kier molecular flexibility index (Phi) is 5.88. The largest absolute Gasteiger partial charge is 0.336 e. The van der Waals surface area contributed by atoms with Gasteiger partial charge in [0.25, 0.3) is 5.69 Å². The van der Waals surface area contributed by atoms with Gasteiger partial charge in [-0.05, 0) is 38.5 Å². The second-order valence-corrected chi connectivity index (χ2v) is 6.57. The fourth-order valence-electron chi connectivity index (χ4n) is 2.27. The first kappa shape index (κ1) is 17.9. The van der Waals surface area contributed by atoms with E-state index in [1.807, 2.05) is 36.5 Å². The number of aryl methyl sites for hydroxylation is 1. The van der Waals surface area contributed by atoms with Crippen molar-refractivity contribution >= 4 is 28.7 Å². The van der Waals surface area contributed by atoms with Gasteiger partial charge in [-0.25, -0.2) is 4.79 Å². The highest BCUT2D eigenvalue weighted by Gasteiger charge is 2.17. The lowest BCUT2D eigenvalue weighted by Crippen LogP contribution is -2.36. The van der Waals surface area contributed by atoms with Crippen LogP contribution in [0.3, 0.4) is 0 Å². The maximum Gasteiger partial charge on any atom is 0.319 e. The number of thiophene rings is 1. The minimum absolute atomic E-state index is 0.0162. The first-order valence-electron chi connectivity index (χ1n) is 7.38. The SMILES string of the molecule is Cc1ccc(NC(=O)NC[C@H](c2cccs2)N(C)C)cc1[N+](=O)[O-]. The van der Waals surface area contributed by atoms with E-state index in [9.17, 15) is 14.9 Å². The molecule has 0 saturated carbocycles. The zero-order chi connectivity index (χ0) is 17.7. The van der Waals surface area contributed by atoms with Crippen LogP contribution < -0.4 is 10.6 Å². The molecule has 0 radical (unpaired) electrons. The second kappa shape index (κ2) is 7.89. The summed E-state index contributed by atoms with van der Waals surface area (Å²) in [6.07, 6.45) is 0. The van der Waals surface area contributed by atoms with Gasteiger partial charge in [-0.15, -0.1) is 11.3 Å². The van der Waals surface area contributed by atoms with Crippen LogP contribution in [0.1, 0.15) is 16.5 Å². The molecule has 0 unspecified atom stereocenters. The quantitative estimate of drug-likeness (QED) is 0.619. The van der Waals surface area contributed by atoms with Crippen LogP contribution in [-0.4, -0.2) is 36.5 Å². The van der Waals surface area contributed by atoms with Crippen LogP contribution >= 0.6 is 11.3 Å². The maximum absolute atomic E-state index is 12.1. The molecule has 128 valence electrons. The van der Waals surface area contributed by atoms with Gasteiger partial charge < -0.3 is 15.5 Å². The molecule has 24 heavy (non-hydrogen) atoms. The molecule has 2 amide bonds. The molecule has 2 aromatic rings. The first-order chi connectivity index (χ1) is 11.4. The van der Waals surface area contributed by atoms with E-state index in [0.717, 1.165) is 4.88 Å². The number of hydrogen-bond acceptors (Lipinski definition) is 5. The van der Waals surface area contributed by atoms with Gasteiger partial charge in [-0.1, -0.05) is 12.1 Å². The van der Waals surface area contributed by atoms with E-state index in [2.05, 4.69) is 10.6 Å². The van der Waals surface area contributed by atoms with Crippen LogP contribution in [-0.2, 0) is 0 Å². The summed E-state index contributed by atoms with van der Waals surface area (Å²) >= 11 is 1.63. The van der Waals surface area contributed by atoms with Crippen molar-refractivity contribution in [2.75, 3.05) is 26.0 Å². The monoisotopic (exact) mass is 348 g/mol. The molecule has 0 aliphatic rings. The van der Waals surface area contributed by atoms with Gasteiger partial charge in [0, 0.05) is 28.7 Å². The van der Waals surface area contributed by atoms with Crippen LogP contribution in [0.5, 0.6) is 0 Å². The molecule has 0 aliphatic carbocycles. The van der Waals surface area contributed by atoms with Crippen LogP contribution in [0.2, 0.25) is 0 Å². The van der Waals surface area contributed by atoms with Crippen LogP contribution in [0, 0.1) is 17.0 Å². The molecule has 2 rings (SSSR count). The molecule has 0 saturated heterocycles. The summed E-state index contributed by atoms with van der Waals surface area (Å²) in [7, 11) is 3.90. The number of carbonyl (C=O) groups excluding carboxylic acids is 1. The number of hydrogen-bond donors (Lipinski definition) is 2. The van der Waals surface area contributed by atoms with Gasteiger partial charge in [-0.2, -0.15) is 0 Å². The Morgan fingerprint density at radius 2 is 2.12 bits per heavy atom. The Morgan fingerprint density at radius 3 is 2.71 bits per heavy atom. The van der Waals surface area contributed by atoms with E-state index in [1.165, 1.54) is 6.07 Å². The smallest absolute Gasteiger partial charge is 0.319 e. The lowest BCUT2D eigenvalue weighted by molar-refractivity contribution is -0.385. The number of nitro groups is 1. The summed E-state index contributed by atoms with van der Waals surface area (Å²) < 4.78 is 0. The number of benzene rings is 1. The number of rotatable bonds is 6. The third-order valence-electron chi connectivity index (χ3n) is 3.61. The molecule has 1 heterocycles. The zero-order valence-corrected chi connectivity index (χ0v) is 14.6. The number of amides is 2. The van der Waals surface area contributed by atoms with Crippen LogP contribution in [0.25, 0.3) is 0 Å².